The van der Waals surface area contributed by atoms with E-state index in [1.807, 2.05) is 57.2 Å². The first-order chi connectivity index (χ1) is 20.7. The van der Waals surface area contributed by atoms with Gasteiger partial charge in [0.1, 0.15) is 10.8 Å². The molecule has 0 saturated heterocycles. The Hall–Kier alpha value is -3.99. The number of rotatable bonds is 13. The molecule has 2 aliphatic rings. The summed E-state index contributed by atoms with van der Waals surface area (Å²) in [5.41, 5.74) is 2.86. The predicted molar refractivity (Wildman–Crippen MR) is 171 cm³/mol. The van der Waals surface area contributed by atoms with Crippen LogP contribution in [-0.4, -0.2) is 39.5 Å². The molecule has 0 saturated carbocycles. The highest BCUT2D eigenvalue weighted by Crippen LogP contribution is 2.21. The molecule has 3 amide bonds. The van der Waals surface area contributed by atoms with Crippen LogP contribution in [0, 0.1) is 11.8 Å². The van der Waals surface area contributed by atoms with E-state index in [9.17, 15) is 14.4 Å². The molecule has 2 atom stereocenters. The van der Waals surface area contributed by atoms with Gasteiger partial charge in [-0.15, -0.1) is 15.3 Å². The highest BCUT2D eigenvalue weighted by Gasteiger charge is 2.17. The van der Waals surface area contributed by atoms with Crippen molar-refractivity contribution in [2.75, 3.05) is 5.32 Å². The number of hydrogen-bond donors (Lipinski definition) is 3. The van der Waals surface area contributed by atoms with Gasteiger partial charge in [-0.05, 0) is 56.1 Å². The fourth-order valence-electron chi connectivity index (χ4n) is 4.78. The second-order valence-corrected chi connectivity index (χ2v) is 12.4. The van der Waals surface area contributed by atoms with Crippen LogP contribution in [-0.2, 0) is 27.2 Å². The summed E-state index contributed by atoms with van der Waals surface area (Å²) in [5.74, 6) is 0.567. The van der Waals surface area contributed by atoms with E-state index in [1.165, 1.54) is 11.3 Å². The van der Waals surface area contributed by atoms with Crippen molar-refractivity contribution in [2.45, 2.75) is 84.6 Å². The predicted octanol–water partition coefficient (Wildman–Crippen LogP) is 5.45. The molecule has 228 valence electrons. The number of hydrogen-bond acceptors (Lipinski definition) is 8. The number of aryl methyl sites for hydroxylation is 1. The lowest BCUT2D eigenvalue weighted by Gasteiger charge is -2.17. The molecule has 43 heavy (non-hydrogen) atoms. The molecule has 1 aromatic carbocycles. The summed E-state index contributed by atoms with van der Waals surface area (Å²) in [7, 11) is 0. The number of nitrogens with zero attached hydrogens (tertiary/aromatic N) is 4. The van der Waals surface area contributed by atoms with Gasteiger partial charge in [0.2, 0.25) is 22.9 Å². The van der Waals surface area contributed by atoms with Crippen molar-refractivity contribution >= 4 is 45.7 Å². The Kier molecular flexibility index (Phi) is 11.9. The summed E-state index contributed by atoms with van der Waals surface area (Å²) < 4.78 is 0. The first-order valence-corrected chi connectivity index (χ1v) is 15.8. The molecule has 1 aliphatic carbocycles. The monoisotopic (exact) mass is 603 g/mol. The maximum atomic E-state index is 12.7. The standard InChI is InChI=1S/C32H41N7O3S/c1-21(2)31(42)33-22(3)25-13-9-12-24(18-25)20-28(40)34-27-17-16-26(36-37-27)14-7-8-15-30-38-39-32(43-30)35-29(41)19-23-10-5-4-6-11-23/h4-6,9-10,12-13,18,21-23H,7-8,11,14-17,19-20H2,1-3H3,(H,33,42)(H,34,37,40)(H,35,39,41). The number of aromatic nitrogens is 2. The SMILES string of the molecule is CC(C)C(=O)NC(C)c1cccc(CC(=O)NC2=NN=C(CCCCc3nnc(NC(=O)CC4C=CC=CC4)s3)CC2)c1. The van der Waals surface area contributed by atoms with E-state index < -0.39 is 0 Å². The third-order valence-corrected chi connectivity index (χ3v) is 8.18. The van der Waals surface area contributed by atoms with Gasteiger partial charge in [-0.1, -0.05) is 73.8 Å². The van der Waals surface area contributed by atoms with Gasteiger partial charge in [0.25, 0.3) is 0 Å². The molecule has 2 aromatic rings. The van der Waals surface area contributed by atoms with Crippen molar-refractivity contribution in [1.82, 2.24) is 20.8 Å². The topological polar surface area (TPSA) is 138 Å². The van der Waals surface area contributed by atoms with Gasteiger partial charge in [-0.25, -0.2) is 0 Å². The fourth-order valence-corrected chi connectivity index (χ4v) is 5.58. The molecular formula is C32H41N7O3S. The Morgan fingerprint density at radius 1 is 0.977 bits per heavy atom. The Labute approximate surface area is 257 Å². The summed E-state index contributed by atoms with van der Waals surface area (Å²) in [6.07, 6.45) is 14.6. The quantitative estimate of drug-likeness (QED) is 0.261. The number of allylic oxidation sites excluding steroid dienone is 4. The van der Waals surface area contributed by atoms with Gasteiger partial charge in [-0.3, -0.25) is 14.4 Å². The summed E-state index contributed by atoms with van der Waals surface area (Å²) in [6, 6.07) is 7.58. The third-order valence-electron chi connectivity index (χ3n) is 7.28. The third kappa shape index (κ3) is 10.7. The minimum Gasteiger partial charge on any atom is -0.349 e. The molecule has 0 radical (unpaired) electrons. The maximum Gasteiger partial charge on any atom is 0.229 e. The van der Waals surface area contributed by atoms with E-state index in [0.717, 1.165) is 60.4 Å². The second kappa shape index (κ2) is 16.0. The molecular weight excluding hydrogens is 562 g/mol. The molecule has 10 nitrogen and oxygen atoms in total. The van der Waals surface area contributed by atoms with Crippen LogP contribution in [0.1, 0.15) is 87.9 Å². The average Bonchev–Trinajstić information content (AvgIpc) is 3.43. The molecule has 0 fully saturated rings. The average molecular weight is 604 g/mol. The fraction of sp³-hybridized carbons (Fsp3) is 0.469. The van der Waals surface area contributed by atoms with E-state index in [0.29, 0.717) is 23.8 Å². The number of anilines is 1. The zero-order valence-electron chi connectivity index (χ0n) is 25.1. The van der Waals surface area contributed by atoms with Crippen LogP contribution in [0.5, 0.6) is 0 Å². The molecule has 3 N–H and O–H groups in total. The van der Waals surface area contributed by atoms with Gasteiger partial charge in [-0.2, -0.15) is 5.10 Å². The number of nitrogens with one attached hydrogen (secondary N) is 3. The number of amidine groups is 1. The zero-order valence-corrected chi connectivity index (χ0v) is 26.0. The number of carbonyl (C=O) groups is 3. The molecule has 1 aliphatic heterocycles. The number of benzene rings is 1. The van der Waals surface area contributed by atoms with Crippen LogP contribution >= 0.6 is 11.3 Å². The minimum atomic E-state index is -0.135. The van der Waals surface area contributed by atoms with Crippen molar-refractivity contribution in [1.29, 1.82) is 0 Å². The number of carbonyl (C=O) groups excluding carboxylic acids is 3. The maximum absolute atomic E-state index is 12.7. The smallest absolute Gasteiger partial charge is 0.229 e. The lowest BCUT2D eigenvalue weighted by Crippen LogP contribution is -2.33. The zero-order chi connectivity index (χ0) is 30.6. The lowest BCUT2D eigenvalue weighted by atomic mass is 9.97. The van der Waals surface area contributed by atoms with E-state index in [1.54, 1.807) is 0 Å². The van der Waals surface area contributed by atoms with Crippen LogP contribution in [0.15, 0.2) is 58.8 Å². The molecule has 2 unspecified atom stereocenters. The summed E-state index contributed by atoms with van der Waals surface area (Å²) in [4.78, 5) is 37.0. The van der Waals surface area contributed by atoms with Crippen molar-refractivity contribution in [3.63, 3.8) is 0 Å². The normalized spacial score (nSPS) is 16.8. The van der Waals surface area contributed by atoms with Crippen LogP contribution < -0.4 is 16.0 Å². The van der Waals surface area contributed by atoms with Gasteiger partial charge < -0.3 is 16.0 Å². The van der Waals surface area contributed by atoms with Crippen molar-refractivity contribution in [3.8, 4) is 0 Å². The Morgan fingerprint density at radius 3 is 2.56 bits per heavy atom. The first kappa shape index (κ1) is 31.9. The molecule has 0 spiro atoms. The summed E-state index contributed by atoms with van der Waals surface area (Å²) in [5, 5.41) is 27.2. The van der Waals surface area contributed by atoms with E-state index in [-0.39, 0.29) is 42.0 Å². The first-order valence-electron chi connectivity index (χ1n) is 15.0. The highest BCUT2D eigenvalue weighted by molar-refractivity contribution is 7.15. The van der Waals surface area contributed by atoms with Gasteiger partial charge >= 0.3 is 0 Å². The summed E-state index contributed by atoms with van der Waals surface area (Å²) >= 11 is 1.43. The van der Waals surface area contributed by atoms with Crippen molar-refractivity contribution in [2.24, 2.45) is 22.0 Å². The Bertz CT molecular complexity index is 1410. The van der Waals surface area contributed by atoms with Crippen molar-refractivity contribution < 1.29 is 14.4 Å². The van der Waals surface area contributed by atoms with Gasteiger partial charge in [0.15, 0.2) is 0 Å². The van der Waals surface area contributed by atoms with Gasteiger partial charge in [0, 0.05) is 30.9 Å². The van der Waals surface area contributed by atoms with E-state index >= 15 is 0 Å². The molecule has 0 bridgehead atoms. The number of amides is 3. The van der Waals surface area contributed by atoms with E-state index in [4.69, 9.17) is 0 Å². The Morgan fingerprint density at radius 2 is 1.81 bits per heavy atom. The molecule has 1 aromatic heterocycles. The largest absolute Gasteiger partial charge is 0.349 e. The summed E-state index contributed by atoms with van der Waals surface area (Å²) in [6.45, 7) is 5.66. The molecule has 4 rings (SSSR count). The highest BCUT2D eigenvalue weighted by atomic mass is 32.1. The van der Waals surface area contributed by atoms with Crippen LogP contribution in [0.4, 0.5) is 5.13 Å². The van der Waals surface area contributed by atoms with Crippen LogP contribution in [0.3, 0.4) is 0 Å². The Balaban J connectivity index is 1.14. The van der Waals surface area contributed by atoms with Gasteiger partial charge in [0.05, 0.1) is 12.5 Å². The molecule has 11 heteroatoms. The lowest BCUT2D eigenvalue weighted by molar-refractivity contribution is -0.124. The second-order valence-electron chi connectivity index (χ2n) is 11.3. The van der Waals surface area contributed by atoms with E-state index in [2.05, 4.69) is 48.5 Å². The van der Waals surface area contributed by atoms with Crippen molar-refractivity contribution in [3.05, 3.63) is 64.7 Å². The minimum absolute atomic E-state index is 0.000197. The molecule has 2 heterocycles. The number of unbranched alkanes of at least 4 members (excludes halogenated alkanes) is 1. The van der Waals surface area contributed by atoms with Crippen LogP contribution in [0.2, 0.25) is 0 Å². The van der Waals surface area contributed by atoms with Crippen LogP contribution in [0.25, 0.3) is 0 Å².